The van der Waals surface area contributed by atoms with Crippen molar-refractivity contribution in [2.45, 2.75) is 37.8 Å². The van der Waals surface area contributed by atoms with Crippen LogP contribution >= 0.6 is 0 Å². The van der Waals surface area contributed by atoms with E-state index in [-0.39, 0.29) is 18.0 Å². The van der Waals surface area contributed by atoms with E-state index < -0.39 is 0 Å². The van der Waals surface area contributed by atoms with Gasteiger partial charge in [-0.3, -0.25) is 4.79 Å². The summed E-state index contributed by atoms with van der Waals surface area (Å²) in [6.45, 7) is 0. The number of carbonyl (C=O) groups excluding carboxylic acids is 1. The number of hydrogen-bond donors (Lipinski definition) is 1. The van der Waals surface area contributed by atoms with Crippen molar-refractivity contribution in [3.63, 3.8) is 0 Å². The van der Waals surface area contributed by atoms with Crippen molar-refractivity contribution in [1.29, 1.82) is 0 Å². The maximum Gasteiger partial charge on any atom is 0.257 e. The number of ether oxygens (including phenoxy) is 2. The summed E-state index contributed by atoms with van der Waals surface area (Å²) in [4.78, 5) is 14.5. The average Bonchev–Trinajstić information content (AvgIpc) is 2.53. The summed E-state index contributed by atoms with van der Waals surface area (Å²) >= 11 is 0. The quantitative estimate of drug-likeness (QED) is 0.922. The fourth-order valence-corrected chi connectivity index (χ4v) is 2.82. The fraction of sp³-hybridized carbons (Fsp3) is 0.562. The van der Waals surface area contributed by atoms with E-state index in [4.69, 9.17) is 15.2 Å². The standard InChI is InChI=1S/C16H24N2O3/c1-18(12-6-4-11(17)5-7-12)16(19)14-9-8-13(20-2)10-15(14)21-3/h8-12H,4-7,17H2,1-3H3. The predicted molar refractivity (Wildman–Crippen MR) is 81.9 cm³/mol. The Hall–Kier alpha value is -1.75. The van der Waals surface area contributed by atoms with Gasteiger partial charge in [-0.05, 0) is 37.8 Å². The van der Waals surface area contributed by atoms with Gasteiger partial charge in [-0.25, -0.2) is 0 Å². The molecule has 0 atom stereocenters. The molecule has 116 valence electrons. The first-order valence-electron chi connectivity index (χ1n) is 7.31. The Morgan fingerprint density at radius 2 is 1.86 bits per heavy atom. The summed E-state index contributed by atoms with van der Waals surface area (Å²) < 4.78 is 10.5. The summed E-state index contributed by atoms with van der Waals surface area (Å²) in [6, 6.07) is 5.80. The van der Waals surface area contributed by atoms with Crippen molar-refractivity contribution in [3.05, 3.63) is 23.8 Å². The molecule has 0 spiro atoms. The van der Waals surface area contributed by atoms with Crippen molar-refractivity contribution >= 4 is 5.91 Å². The highest BCUT2D eigenvalue weighted by Crippen LogP contribution is 2.28. The van der Waals surface area contributed by atoms with Crippen LogP contribution in [0.25, 0.3) is 0 Å². The Morgan fingerprint density at radius 3 is 2.43 bits per heavy atom. The molecule has 1 fully saturated rings. The van der Waals surface area contributed by atoms with Crippen LogP contribution in [0.15, 0.2) is 18.2 Å². The van der Waals surface area contributed by atoms with Gasteiger partial charge in [0.15, 0.2) is 0 Å². The Labute approximate surface area is 126 Å². The van der Waals surface area contributed by atoms with Crippen molar-refractivity contribution in [2.75, 3.05) is 21.3 Å². The van der Waals surface area contributed by atoms with Crippen LogP contribution in [-0.4, -0.2) is 44.2 Å². The molecule has 1 amide bonds. The molecule has 0 aliphatic heterocycles. The topological polar surface area (TPSA) is 64.8 Å². The van der Waals surface area contributed by atoms with E-state index in [9.17, 15) is 4.79 Å². The molecule has 0 aromatic heterocycles. The molecule has 0 heterocycles. The van der Waals surface area contributed by atoms with E-state index in [0.29, 0.717) is 17.1 Å². The van der Waals surface area contributed by atoms with E-state index in [1.807, 2.05) is 11.9 Å². The Morgan fingerprint density at radius 1 is 1.19 bits per heavy atom. The van der Waals surface area contributed by atoms with E-state index in [0.717, 1.165) is 25.7 Å². The number of amides is 1. The second-order valence-electron chi connectivity index (χ2n) is 5.55. The Kier molecular flexibility index (Phi) is 5.07. The Bertz CT molecular complexity index is 496. The van der Waals surface area contributed by atoms with E-state index >= 15 is 0 Å². The number of benzene rings is 1. The summed E-state index contributed by atoms with van der Waals surface area (Å²) in [6.07, 6.45) is 3.87. The smallest absolute Gasteiger partial charge is 0.257 e. The number of rotatable bonds is 4. The van der Waals surface area contributed by atoms with Crippen LogP contribution in [0.3, 0.4) is 0 Å². The zero-order chi connectivity index (χ0) is 15.4. The molecule has 1 aliphatic carbocycles. The average molecular weight is 292 g/mol. The van der Waals surface area contributed by atoms with Gasteiger partial charge in [-0.1, -0.05) is 0 Å². The van der Waals surface area contributed by atoms with Crippen molar-refractivity contribution in [1.82, 2.24) is 4.90 Å². The number of nitrogens with zero attached hydrogens (tertiary/aromatic N) is 1. The van der Waals surface area contributed by atoms with Gasteiger partial charge in [0.05, 0.1) is 19.8 Å². The molecule has 5 nitrogen and oxygen atoms in total. The molecule has 0 unspecified atom stereocenters. The molecule has 1 aromatic carbocycles. The van der Waals surface area contributed by atoms with Crippen LogP contribution in [0.4, 0.5) is 0 Å². The summed E-state index contributed by atoms with van der Waals surface area (Å²) in [7, 11) is 5.01. The van der Waals surface area contributed by atoms with Gasteiger partial charge in [-0.2, -0.15) is 0 Å². The lowest BCUT2D eigenvalue weighted by molar-refractivity contribution is 0.0686. The molecule has 0 radical (unpaired) electrons. The zero-order valence-corrected chi connectivity index (χ0v) is 13.0. The molecule has 0 bridgehead atoms. The van der Waals surface area contributed by atoms with Gasteiger partial charge >= 0.3 is 0 Å². The first-order valence-corrected chi connectivity index (χ1v) is 7.31. The number of carbonyl (C=O) groups is 1. The van der Waals surface area contributed by atoms with Gasteiger partial charge in [0, 0.05) is 25.2 Å². The third-order valence-electron chi connectivity index (χ3n) is 4.25. The maximum absolute atomic E-state index is 12.7. The molecule has 0 saturated heterocycles. The SMILES string of the molecule is COc1ccc(C(=O)N(C)C2CCC(N)CC2)c(OC)c1. The zero-order valence-electron chi connectivity index (χ0n) is 13.0. The van der Waals surface area contributed by atoms with Crippen molar-refractivity contribution in [3.8, 4) is 11.5 Å². The number of nitrogens with two attached hydrogens (primary N) is 1. The summed E-state index contributed by atoms with van der Waals surface area (Å²) in [5.74, 6) is 1.20. The van der Waals surface area contributed by atoms with Gasteiger partial charge in [-0.15, -0.1) is 0 Å². The van der Waals surface area contributed by atoms with Gasteiger partial charge < -0.3 is 20.1 Å². The second-order valence-corrected chi connectivity index (χ2v) is 5.55. The third kappa shape index (κ3) is 3.47. The highest BCUT2D eigenvalue weighted by Gasteiger charge is 2.27. The first kappa shape index (κ1) is 15.6. The van der Waals surface area contributed by atoms with Crippen LogP contribution in [-0.2, 0) is 0 Å². The normalized spacial score (nSPS) is 21.7. The summed E-state index contributed by atoms with van der Waals surface area (Å²) in [5, 5.41) is 0. The van der Waals surface area contributed by atoms with Crippen LogP contribution in [0, 0.1) is 0 Å². The first-order chi connectivity index (χ1) is 10.1. The highest BCUT2D eigenvalue weighted by atomic mass is 16.5. The maximum atomic E-state index is 12.7. The largest absolute Gasteiger partial charge is 0.497 e. The van der Waals surface area contributed by atoms with Crippen molar-refractivity contribution < 1.29 is 14.3 Å². The van der Waals surface area contributed by atoms with E-state index in [2.05, 4.69) is 0 Å². The molecule has 2 N–H and O–H groups in total. The summed E-state index contributed by atoms with van der Waals surface area (Å²) in [5.41, 5.74) is 6.49. The lowest BCUT2D eigenvalue weighted by Crippen LogP contribution is -2.41. The van der Waals surface area contributed by atoms with Gasteiger partial charge in [0.2, 0.25) is 0 Å². The molecule has 1 aliphatic rings. The Balaban J connectivity index is 2.15. The van der Waals surface area contributed by atoms with Gasteiger partial charge in [0.1, 0.15) is 11.5 Å². The van der Waals surface area contributed by atoms with Crippen LogP contribution < -0.4 is 15.2 Å². The highest BCUT2D eigenvalue weighted by molar-refractivity contribution is 5.97. The molecule has 5 heteroatoms. The van der Waals surface area contributed by atoms with E-state index in [1.54, 1.807) is 32.4 Å². The third-order valence-corrected chi connectivity index (χ3v) is 4.25. The number of methoxy groups -OCH3 is 2. The lowest BCUT2D eigenvalue weighted by atomic mass is 9.90. The van der Waals surface area contributed by atoms with Gasteiger partial charge in [0.25, 0.3) is 5.91 Å². The molecular formula is C16H24N2O3. The minimum Gasteiger partial charge on any atom is -0.497 e. The van der Waals surface area contributed by atoms with Crippen molar-refractivity contribution in [2.24, 2.45) is 5.73 Å². The van der Waals surface area contributed by atoms with Crippen LogP contribution in [0.5, 0.6) is 11.5 Å². The van der Waals surface area contributed by atoms with Crippen LogP contribution in [0.2, 0.25) is 0 Å². The fourth-order valence-electron chi connectivity index (χ4n) is 2.82. The molecule has 2 rings (SSSR count). The minimum absolute atomic E-state index is 0.0185. The lowest BCUT2D eigenvalue weighted by Gasteiger charge is -2.33. The molecule has 21 heavy (non-hydrogen) atoms. The second kappa shape index (κ2) is 6.80. The molecule has 1 aromatic rings. The monoisotopic (exact) mass is 292 g/mol. The molecular weight excluding hydrogens is 268 g/mol. The van der Waals surface area contributed by atoms with Crippen LogP contribution in [0.1, 0.15) is 36.0 Å². The predicted octanol–water partition coefficient (Wildman–Crippen LogP) is 2.05. The molecule has 1 saturated carbocycles. The van der Waals surface area contributed by atoms with E-state index in [1.165, 1.54) is 0 Å². The minimum atomic E-state index is -0.0185. The number of hydrogen-bond acceptors (Lipinski definition) is 4.